The molecule has 0 aliphatic carbocycles. The van der Waals surface area contributed by atoms with Crippen molar-refractivity contribution in [3.63, 3.8) is 0 Å². The Morgan fingerprint density at radius 2 is 2.09 bits per heavy atom. The number of nitrogens with two attached hydrogens (primary N) is 1. The van der Waals surface area contributed by atoms with Crippen LogP contribution in [0.15, 0.2) is 16.0 Å². The monoisotopic (exact) mass is 462 g/mol. The molecule has 0 unspecified atom stereocenters. The molecule has 0 radical (unpaired) electrons. The van der Waals surface area contributed by atoms with Gasteiger partial charge in [0.05, 0.1) is 18.0 Å². The zero-order valence-electron chi connectivity index (χ0n) is 12.9. The summed E-state index contributed by atoms with van der Waals surface area (Å²) in [6.07, 6.45) is 0. The second kappa shape index (κ2) is 10.4. The van der Waals surface area contributed by atoms with Gasteiger partial charge in [-0.15, -0.1) is 35.3 Å². The Morgan fingerprint density at radius 3 is 2.64 bits per heavy atom. The van der Waals surface area contributed by atoms with E-state index >= 15 is 0 Å². The molecule has 128 valence electrons. The van der Waals surface area contributed by atoms with Crippen molar-refractivity contribution < 1.29 is 13.2 Å². The highest BCUT2D eigenvalue weighted by Gasteiger charge is 2.18. The van der Waals surface area contributed by atoms with Crippen LogP contribution in [-0.2, 0) is 14.8 Å². The van der Waals surface area contributed by atoms with E-state index in [0.717, 1.165) is 9.75 Å². The lowest BCUT2D eigenvalue weighted by molar-refractivity contribution is 0.204. The summed E-state index contributed by atoms with van der Waals surface area (Å²) in [4.78, 5) is 6.11. The summed E-state index contributed by atoms with van der Waals surface area (Å²) in [6, 6.07) is 1.67. The Kier molecular flexibility index (Phi) is 10.2. The van der Waals surface area contributed by atoms with Crippen molar-refractivity contribution in [3.8, 4) is 0 Å². The number of thiophene rings is 1. The number of aliphatic imine (C=N–C) groups is 1. The lowest BCUT2D eigenvalue weighted by Gasteiger charge is -2.06. The smallest absolute Gasteiger partial charge is 0.241 e. The predicted octanol–water partition coefficient (Wildman–Crippen LogP) is 0.812. The standard InChI is InChI=1S/C12H22N4O3S2.HI/c1-9-8-11(10(2)20-9)21(17,18)16-5-4-14-12(13)15-6-7-19-3;/h8,16H,4-7H2,1-3H3,(H3,13,14,15);1H. The molecule has 0 aromatic carbocycles. The number of halogens is 1. The molecular weight excluding hydrogens is 439 g/mol. The summed E-state index contributed by atoms with van der Waals surface area (Å²) in [6.45, 7) is 5.23. The van der Waals surface area contributed by atoms with Crippen LogP contribution in [0.4, 0.5) is 0 Å². The van der Waals surface area contributed by atoms with E-state index in [2.05, 4.69) is 15.0 Å². The molecule has 1 rings (SSSR count). The number of nitrogens with one attached hydrogen (secondary N) is 2. The maximum absolute atomic E-state index is 12.1. The molecule has 0 aliphatic heterocycles. The summed E-state index contributed by atoms with van der Waals surface area (Å²) in [5, 5.41) is 2.85. The van der Waals surface area contributed by atoms with E-state index < -0.39 is 10.0 Å². The molecule has 1 aromatic heterocycles. The van der Waals surface area contributed by atoms with Gasteiger partial charge in [-0.25, -0.2) is 13.1 Å². The van der Waals surface area contributed by atoms with Gasteiger partial charge in [0.15, 0.2) is 5.96 Å². The third-order valence-electron chi connectivity index (χ3n) is 2.58. The summed E-state index contributed by atoms with van der Waals surface area (Å²) in [5.41, 5.74) is 5.61. The lowest BCUT2D eigenvalue weighted by Crippen LogP contribution is -2.35. The minimum atomic E-state index is -3.48. The first kappa shape index (κ1) is 21.6. The first-order valence-electron chi connectivity index (χ1n) is 6.46. The van der Waals surface area contributed by atoms with Gasteiger partial charge in [0.2, 0.25) is 10.0 Å². The van der Waals surface area contributed by atoms with Gasteiger partial charge in [-0.2, -0.15) is 0 Å². The van der Waals surface area contributed by atoms with E-state index in [0.29, 0.717) is 18.0 Å². The first-order valence-corrected chi connectivity index (χ1v) is 8.76. The predicted molar refractivity (Wildman–Crippen MR) is 101 cm³/mol. The van der Waals surface area contributed by atoms with Gasteiger partial charge < -0.3 is 15.8 Å². The van der Waals surface area contributed by atoms with Gasteiger partial charge in [-0.05, 0) is 19.9 Å². The van der Waals surface area contributed by atoms with Crippen LogP contribution < -0.4 is 15.8 Å². The average Bonchev–Trinajstić information content (AvgIpc) is 2.75. The summed E-state index contributed by atoms with van der Waals surface area (Å²) in [7, 11) is -1.88. The Bertz CT molecular complexity index is 587. The minimum absolute atomic E-state index is 0. The van der Waals surface area contributed by atoms with Crippen LogP contribution >= 0.6 is 35.3 Å². The van der Waals surface area contributed by atoms with Crippen molar-refractivity contribution >= 4 is 51.3 Å². The number of sulfonamides is 1. The Labute approximate surface area is 152 Å². The van der Waals surface area contributed by atoms with Gasteiger partial charge in [-0.3, -0.25) is 4.99 Å². The number of ether oxygens (including phenoxy) is 1. The van der Waals surface area contributed by atoms with Crippen molar-refractivity contribution in [2.75, 3.05) is 33.4 Å². The van der Waals surface area contributed by atoms with Crippen molar-refractivity contribution in [1.29, 1.82) is 0 Å². The highest BCUT2D eigenvalue weighted by Crippen LogP contribution is 2.24. The highest BCUT2D eigenvalue weighted by atomic mass is 127. The second-order valence-electron chi connectivity index (χ2n) is 4.36. The van der Waals surface area contributed by atoms with E-state index in [-0.39, 0.29) is 43.0 Å². The summed E-state index contributed by atoms with van der Waals surface area (Å²) in [5.74, 6) is 0.272. The molecule has 1 heterocycles. The van der Waals surface area contributed by atoms with E-state index in [1.165, 1.54) is 11.3 Å². The molecule has 7 nitrogen and oxygen atoms in total. The molecule has 0 fully saturated rings. The summed E-state index contributed by atoms with van der Waals surface area (Å²) >= 11 is 1.46. The molecule has 1 aromatic rings. The first-order chi connectivity index (χ1) is 9.86. The number of aryl methyl sites for hydroxylation is 2. The molecule has 0 amide bonds. The van der Waals surface area contributed by atoms with Crippen molar-refractivity contribution in [2.24, 2.45) is 10.7 Å². The molecule has 0 aliphatic rings. The van der Waals surface area contributed by atoms with Crippen LogP contribution in [0.1, 0.15) is 9.75 Å². The Hall–Kier alpha value is -0.430. The fourth-order valence-corrected chi connectivity index (χ4v) is 4.22. The molecule has 0 saturated heterocycles. The van der Waals surface area contributed by atoms with Crippen molar-refractivity contribution in [3.05, 3.63) is 15.8 Å². The van der Waals surface area contributed by atoms with Crippen LogP contribution in [-0.4, -0.2) is 47.7 Å². The SMILES string of the molecule is COCCNC(N)=NCCNS(=O)(=O)c1cc(C)sc1C.I. The zero-order chi connectivity index (χ0) is 15.9. The topological polar surface area (TPSA) is 106 Å². The largest absolute Gasteiger partial charge is 0.383 e. The molecule has 4 N–H and O–H groups in total. The van der Waals surface area contributed by atoms with Crippen molar-refractivity contribution in [1.82, 2.24) is 10.0 Å². The van der Waals surface area contributed by atoms with Crippen LogP contribution in [0.5, 0.6) is 0 Å². The number of hydrogen-bond acceptors (Lipinski definition) is 5. The van der Waals surface area contributed by atoms with E-state index in [1.54, 1.807) is 20.1 Å². The summed E-state index contributed by atoms with van der Waals surface area (Å²) < 4.78 is 31.6. The quantitative estimate of drug-likeness (QED) is 0.230. The van der Waals surface area contributed by atoms with Gasteiger partial charge in [-0.1, -0.05) is 0 Å². The van der Waals surface area contributed by atoms with Crippen LogP contribution in [0.2, 0.25) is 0 Å². The van der Waals surface area contributed by atoms with E-state index in [9.17, 15) is 8.42 Å². The molecular formula is C12H23IN4O3S2. The van der Waals surface area contributed by atoms with E-state index in [1.807, 2.05) is 6.92 Å². The third kappa shape index (κ3) is 7.22. The fraction of sp³-hybridized carbons (Fsp3) is 0.583. The Morgan fingerprint density at radius 1 is 1.41 bits per heavy atom. The van der Waals surface area contributed by atoms with Crippen LogP contribution in [0.25, 0.3) is 0 Å². The van der Waals surface area contributed by atoms with Gasteiger partial charge in [0.25, 0.3) is 0 Å². The Balaban J connectivity index is 0.00000441. The molecule has 0 saturated carbocycles. The molecule has 0 atom stereocenters. The molecule has 0 bridgehead atoms. The highest BCUT2D eigenvalue weighted by molar-refractivity contribution is 14.0. The maximum Gasteiger partial charge on any atom is 0.241 e. The number of guanidine groups is 1. The average molecular weight is 462 g/mol. The number of hydrogen-bond donors (Lipinski definition) is 3. The fourth-order valence-electron chi connectivity index (χ4n) is 1.65. The van der Waals surface area contributed by atoms with Gasteiger partial charge >= 0.3 is 0 Å². The van der Waals surface area contributed by atoms with Crippen LogP contribution in [0.3, 0.4) is 0 Å². The van der Waals surface area contributed by atoms with Crippen molar-refractivity contribution in [2.45, 2.75) is 18.7 Å². The van der Waals surface area contributed by atoms with Gasteiger partial charge in [0.1, 0.15) is 0 Å². The normalized spacial score (nSPS) is 12.0. The number of methoxy groups -OCH3 is 1. The minimum Gasteiger partial charge on any atom is -0.383 e. The van der Waals surface area contributed by atoms with Gasteiger partial charge in [0, 0.05) is 30.0 Å². The molecule has 10 heteroatoms. The third-order valence-corrected chi connectivity index (χ3v) is 5.27. The number of rotatable bonds is 8. The maximum atomic E-state index is 12.1. The lowest BCUT2D eigenvalue weighted by atomic mass is 10.4. The van der Waals surface area contributed by atoms with Crippen LogP contribution in [0, 0.1) is 13.8 Å². The molecule has 0 spiro atoms. The number of nitrogens with zero attached hydrogens (tertiary/aromatic N) is 1. The molecule has 22 heavy (non-hydrogen) atoms. The zero-order valence-corrected chi connectivity index (χ0v) is 16.8. The second-order valence-corrected chi connectivity index (χ2v) is 7.56. The van der Waals surface area contributed by atoms with E-state index in [4.69, 9.17) is 10.5 Å².